The maximum Gasteiger partial charge on any atom is 0.289 e. The van der Waals surface area contributed by atoms with Gasteiger partial charge < -0.3 is 14.2 Å². The number of furan rings is 1. The minimum absolute atomic E-state index is 0.0449. The van der Waals surface area contributed by atoms with Gasteiger partial charge in [-0.1, -0.05) is 17.7 Å². The van der Waals surface area contributed by atoms with Crippen LogP contribution in [0.15, 0.2) is 41.0 Å². The molecule has 0 saturated carbocycles. The molecule has 0 bridgehead atoms. The average Bonchev–Trinajstić information content (AvgIpc) is 3.00. The molecule has 2 aromatic rings. The van der Waals surface area contributed by atoms with E-state index in [-0.39, 0.29) is 11.8 Å². The lowest BCUT2D eigenvalue weighted by atomic mass is 10.0. The summed E-state index contributed by atoms with van der Waals surface area (Å²) >= 11 is 0. The smallest absolute Gasteiger partial charge is 0.289 e. The first-order chi connectivity index (χ1) is 11.6. The van der Waals surface area contributed by atoms with Crippen molar-refractivity contribution in [1.29, 1.82) is 0 Å². The molecule has 2 heterocycles. The zero-order valence-corrected chi connectivity index (χ0v) is 14.1. The van der Waals surface area contributed by atoms with Gasteiger partial charge in [0.1, 0.15) is 0 Å². The molecule has 3 rings (SSSR count). The lowest BCUT2D eigenvalue weighted by Crippen LogP contribution is -2.37. The molecule has 0 radical (unpaired) electrons. The second-order valence-corrected chi connectivity index (χ2v) is 6.23. The monoisotopic (exact) mass is 326 g/mol. The molecule has 0 N–H and O–H groups in total. The first kappa shape index (κ1) is 16.3. The van der Waals surface area contributed by atoms with E-state index in [9.17, 15) is 9.59 Å². The maximum absolute atomic E-state index is 12.8. The summed E-state index contributed by atoms with van der Waals surface area (Å²) in [6.45, 7) is 6.30. The van der Waals surface area contributed by atoms with Crippen LogP contribution in [-0.2, 0) is 0 Å². The van der Waals surface area contributed by atoms with E-state index in [2.05, 4.69) is 0 Å². The Morgan fingerprint density at radius 1 is 0.958 bits per heavy atom. The van der Waals surface area contributed by atoms with Crippen molar-refractivity contribution in [2.24, 2.45) is 0 Å². The van der Waals surface area contributed by atoms with E-state index in [1.165, 1.54) is 6.26 Å². The van der Waals surface area contributed by atoms with Crippen molar-refractivity contribution in [3.63, 3.8) is 0 Å². The molecule has 5 heteroatoms. The van der Waals surface area contributed by atoms with Gasteiger partial charge in [0.2, 0.25) is 0 Å². The highest BCUT2D eigenvalue weighted by molar-refractivity contribution is 5.96. The van der Waals surface area contributed by atoms with Crippen LogP contribution in [0.5, 0.6) is 0 Å². The Bertz CT molecular complexity index is 737. The molecule has 0 atom stereocenters. The van der Waals surface area contributed by atoms with Gasteiger partial charge in [0, 0.05) is 31.7 Å². The van der Waals surface area contributed by atoms with Gasteiger partial charge in [-0.15, -0.1) is 0 Å². The molecule has 1 fully saturated rings. The van der Waals surface area contributed by atoms with Gasteiger partial charge >= 0.3 is 0 Å². The molecule has 2 amide bonds. The second kappa shape index (κ2) is 6.91. The first-order valence-corrected chi connectivity index (χ1v) is 8.25. The van der Waals surface area contributed by atoms with Crippen LogP contribution in [0.2, 0.25) is 0 Å². The van der Waals surface area contributed by atoms with Gasteiger partial charge in [-0.25, -0.2) is 0 Å². The van der Waals surface area contributed by atoms with Crippen molar-refractivity contribution in [3.05, 3.63) is 59.0 Å². The molecule has 126 valence electrons. The number of hydrogen-bond donors (Lipinski definition) is 0. The van der Waals surface area contributed by atoms with E-state index >= 15 is 0 Å². The summed E-state index contributed by atoms with van der Waals surface area (Å²) in [5, 5.41) is 0. The zero-order valence-electron chi connectivity index (χ0n) is 14.1. The third-order valence-electron chi connectivity index (χ3n) is 4.43. The molecule has 24 heavy (non-hydrogen) atoms. The zero-order chi connectivity index (χ0) is 17.1. The Hall–Kier alpha value is -2.56. The number of rotatable bonds is 2. The molecule has 0 spiro atoms. The number of carbonyl (C=O) groups is 2. The first-order valence-electron chi connectivity index (χ1n) is 8.25. The van der Waals surface area contributed by atoms with Crippen molar-refractivity contribution in [1.82, 2.24) is 9.80 Å². The summed E-state index contributed by atoms with van der Waals surface area (Å²) in [6, 6.07) is 9.31. The van der Waals surface area contributed by atoms with Crippen LogP contribution < -0.4 is 0 Å². The molecular formula is C19H22N2O3. The minimum atomic E-state index is -0.110. The second-order valence-electron chi connectivity index (χ2n) is 6.23. The van der Waals surface area contributed by atoms with E-state index in [0.29, 0.717) is 31.9 Å². The molecule has 1 aromatic heterocycles. The van der Waals surface area contributed by atoms with Gasteiger partial charge in [0.15, 0.2) is 5.76 Å². The molecule has 5 nitrogen and oxygen atoms in total. The van der Waals surface area contributed by atoms with Gasteiger partial charge in [-0.05, 0) is 44.0 Å². The quantitative estimate of drug-likeness (QED) is 0.853. The number of nitrogens with zero attached hydrogens (tertiary/aromatic N) is 2. The van der Waals surface area contributed by atoms with Crippen molar-refractivity contribution in [3.8, 4) is 0 Å². The van der Waals surface area contributed by atoms with Crippen LogP contribution in [0.25, 0.3) is 0 Å². The molecule has 1 aliphatic rings. The molecule has 1 aliphatic heterocycles. The average molecular weight is 326 g/mol. The summed E-state index contributed by atoms with van der Waals surface area (Å²) in [7, 11) is 0. The number of benzene rings is 1. The topological polar surface area (TPSA) is 53.8 Å². The van der Waals surface area contributed by atoms with Gasteiger partial charge in [0.25, 0.3) is 11.8 Å². The van der Waals surface area contributed by atoms with Crippen molar-refractivity contribution in [2.75, 3.05) is 26.2 Å². The lowest BCUT2D eigenvalue weighted by Gasteiger charge is -2.22. The fourth-order valence-corrected chi connectivity index (χ4v) is 3.02. The molecule has 0 aliphatic carbocycles. The normalized spacial score (nSPS) is 15.2. The Kier molecular flexibility index (Phi) is 4.69. The van der Waals surface area contributed by atoms with Crippen LogP contribution in [0, 0.1) is 13.8 Å². The highest BCUT2D eigenvalue weighted by Crippen LogP contribution is 2.16. The van der Waals surface area contributed by atoms with E-state index in [4.69, 9.17) is 4.42 Å². The molecular weight excluding hydrogens is 304 g/mol. The van der Waals surface area contributed by atoms with Crippen LogP contribution in [0.3, 0.4) is 0 Å². The highest BCUT2D eigenvalue weighted by Gasteiger charge is 2.25. The van der Waals surface area contributed by atoms with E-state index in [0.717, 1.165) is 23.1 Å². The predicted octanol–water partition coefficient (Wildman–Crippen LogP) is 2.88. The standard InChI is InChI=1S/C19H22N2O3/c1-14-6-7-15(2)16(13-14)18(22)20-8-4-9-21(11-10-20)19(23)17-5-3-12-24-17/h3,5-7,12-13H,4,8-11H2,1-2H3. The van der Waals surface area contributed by atoms with Crippen molar-refractivity contribution in [2.45, 2.75) is 20.3 Å². The maximum atomic E-state index is 12.8. The summed E-state index contributed by atoms with van der Waals surface area (Å²) in [5.41, 5.74) is 2.81. The van der Waals surface area contributed by atoms with Gasteiger partial charge in [-0.3, -0.25) is 9.59 Å². The van der Waals surface area contributed by atoms with Crippen LogP contribution in [0.4, 0.5) is 0 Å². The summed E-state index contributed by atoms with van der Waals surface area (Å²) in [5.74, 6) is 0.286. The third-order valence-corrected chi connectivity index (χ3v) is 4.43. The van der Waals surface area contributed by atoms with E-state index in [1.54, 1.807) is 17.0 Å². The van der Waals surface area contributed by atoms with E-state index < -0.39 is 0 Å². The third kappa shape index (κ3) is 3.35. The summed E-state index contributed by atoms with van der Waals surface area (Å²) in [6.07, 6.45) is 2.27. The number of carbonyl (C=O) groups excluding carboxylic acids is 2. The van der Waals surface area contributed by atoms with Crippen molar-refractivity contribution >= 4 is 11.8 Å². The van der Waals surface area contributed by atoms with Crippen LogP contribution in [0.1, 0.15) is 38.5 Å². The number of amides is 2. The van der Waals surface area contributed by atoms with Gasteiger partial charge in [-0.2, -0.15) is 0 Å². The fraction of sp³-hybridized carbons (Fsp3) is 0.368. The van der Waals surface area contributed by atoms with Crippen LogP contribution in [-0.4, -0.2) is 47.8 Å². The SMILES string of the molecule is Cc1ccc(C)c(C(=O)N2CCCN(C(=O)c3ccco3)CC2)c1. The minimum Gasteiger partial charge on any atom is -0.459 e. The molecule has 0 unspecified atom stereocenters. The fourth-order valence-electron chi connectivity index (χ4n) is 3.02. The molecule has 1 saturated heterocycles. The Balaban J connectivity index is 1.70. The number of hydrogen-bond acceptors (Lipinski definition) is 3. The van der Waals surface area contributed by atoms with Crippen LogP contribution >= 0.6 is 0 Å². The predicted molar refractivity (Wildman–Crippen MR) is 91.0 cm³/mol. The summed E-state index contributed by atoms with van der Waals surface area (Å²) < 4.78 is 5.19. The Morgan fingerprint density at radius 2 is 1.67 bits per heavy atom. The Morgan fingerprint density at radius 3 is 2.33 bits per heavy atom. The lowest BCUT2D eigenvalue weighted by molar-refractivity contribution is 0.0700. The number of aryl methyl sites for hydroxylation is 2. The highest BCUT2D eigenvalue weighted by atomic mass is 16.3. The Labute approximate surface area is 141 Å². The van der Waals surface area contributed by atoms with Crippen molar-refractivity contribution < 1.29 is 14.0 Å². The molecule has 1 aromatic carbocycles. The summed E-state index contributed by atoms with van der Waals surface area (Å²) in [4.78, 5) is 28.8. The van der Waals surface area contributed by atoms with E-state index in [1.807, 2.05) is 36.9 Å². The van der Waals surface area contributed by atoms with Gasteiger partial charge in [0.05, 0.1) is 6.26 Å². The largest absolute Gasteiger partial charge is 0.459 e.